The molecule has 3 heteroatoms. The summed E-state index contributed by atoms with van der Waals surface area (Å²) in [5.41, 5.74) is 0.479. The number of nitrogens with one attached hydrogen (secondary N) is 1. The quantitative estimate of drug-likeness (QED) is 0.803. The Morgan fingerprint density at radius 2 is 1.63 bits per heavy atom. The molecule has 4 aliphatic rings. The molecule has 0 heterocycles. The molecule has 19 heavy (non-hydrogen) atoms. The van der Waals surface area contributed by atoms with Crippen LogP contribution < -0.4 is 5.32 Å². The molecule has 4 bridgehead atoms. The molecule has 0 saturated heterocycles. The fraction of sp³-hybridized carbons (Fsp3) is 0.938. The first-order valence-electron chi connectivity index (χ1n) is 7.95. The van der Waals surface area contributed by atoms with Gasteiger partial charge in [-0.2, -0.15) is 0 Å². The molecular weight excluding hydrogens is 238 g/mol. The summed E-state index contributed by atoms with van der Waals surface area (Å²) >= 11 is 0. The Kier molecular flexibility index (Phi) is 3.36. The van der Waals surface area contributed by atoms with Crippen LogP contribution in [0.5, 0.6) is 0 Å². The largest absolute Gasteiger partial charge is 0.481 e. The molecule has 4 rings (SSSR count). The number of hydrogen-bond donors (Lipinski definition) is 2. The third-order valence-electron chi connectivity index (χ3n) is 6.16. The molecule has 3 nitrogen and oxygen atoms in total. The van der Waals surface area contributed by atoms with E-state index in [-0.39, 0.29) is 5.92 Å². The lowest BCUT2D eigenvalue weighted by molar-refractivity contribution is -0.141. The van der Waals surface area contributed by atoms with Crippen molar-refractivity contribution in [2.45, 2.75) is 58.4 Å². The molecule has 2 N–H and O–H groups in total. The van der Waals surface area contributed by atoms with Crippen molar-refractivity contribution < 1.29 is 9.90 Å². The van der Waals surface area contributed by atoms with Crippen molar-refractivity contribution in [1.29, 1.82) is 0 Å². The minimum absolute atomic E-state index is 0.281. The lowest BCUT2D eigenvalue weighted by Crippen LogP contribution is -2.55. The molecule has 0 radical (unpaired) electrons. The number of rotatable bonds is 5. The van der Waals surface area contributed by atoms with Crippen molar-refractivity contribution >= 4 is 5.97 Å². The van der Waals surface area contributed by atoms with Crippen molar-refractivity contribution in [3.05, 3.63) is 0 Å². The molecule has 0 aromatic rings. The van der Waals surface area contributed by atoms with Crippen LogP contribution in [0.25, 0.3) is 0 Å². The first kappa shape index (κ1) is 13.4. The number of carboxylic acids is 1. The topological polar surface area (TPSA) is 49.3 Å². The molecule has 0 aromatic heterocycles. The van der Waals surface area contributed by atoms with Gasteiger partial charge in [0.1, 0.15) is 0 Å². The zero-order valence-corrected chi connectivity index (χ0v) is 12.2. The van der Waals surface area contributed by atoms with Crippen LogP contribution >= 0.6 is 0 Å². The molecule has 0 spiro atoms. The number of hydrogen-bond acceptors (Lipinski definition) is 2. The van der Waals surface area contributed by atoms with Crippen LogP contribution in [0, 0.1) is 29.1 Å². The Bertz CT molecular complexity index is 330. The standard InChI is InChI=1S/C16H27NO2/c1-10(15(18)19)9-17-11(2)16-6-12-3-13(7-16)5-14(4-12)8-16/h10-14,17H,3-9H2,1-2H3,(H,18,19). The summed E-state index contributed by atoms with van der Waals surface area (Å²) in [5.74, 6) is 1.92. The van der Waals surface area contributed by atoms with Gasteiger partial charge in [0.25, 0.3) is 0 Å². The van der Waals surface area contributed by atoms with E-state index in [0.29, 0.717) is 18.0 Å². The highest BCUT2D eigenvalue weighted by atomic mass is 16.4. The van der Waals surface area contributed by atoms with Crippen molar-refractivity contribution in [2.24, 2.45) is 29.1 Å². The Balaban J connectivity index is 1.63. The van der Waals surface area contributed by atoms with E-state index < -0.39 is 5.97 Å². The lowest BCUT2D eigenvalue weighted by atomic mass is 9.48. The molecule has 0 amide bonds. The van der Waals surface area contributed by atoms with Crippen LogP contribution in [-0.2, 0) is 4.79 Å². The third-order valence-corrected chi connectivity index (χ3v) is 6.16. The molecule has 0 aromatic carbocycles. The first-order chi connectivity index (χ1) is 8.98. The normalized spacial score (nSPS) is 43.2. The summed E-state index contributed by atoms with van der Waals surface area (Å²) in [6.45, 7) is 4.70. The van der Waals surface area contributed by atoms with Gasteiger partial charge in [0.05, 0.1) is 5.92 Å². The van der Waals surface area contributed by atoms with Crippen LogP contribution in [0.4, 0.5) is 0 Å². The van der Waals surface area contributed by atoms with E-state index in [1.54, 1.807) is 6.92 Å². The second-order valence-electron chi connectivity index (χ2n) is 7.65. The molecule has 4 aliphatic carbocycles. The Hall–Kier alpha value is -0.570. The van der Waals surface area contributed by atoms with E-state index in [4.69, 9.17) is 5.11 Å². The van der Waals surface area contributed by atoms with E-state index in [9.17, 15) is 4.79 Å². The van der Waals surface area contributed by atoms with E-state index in [1.165, 1.54) is 38.5 Å². The predicted octanol–water partition coefficient (Wildman–Crippen LogP) is 2.90. The third kappa shape index (κ3) is 2.42. The maximum absolute atomic E-state index is 10.9. The fourth-order valence-electron chi connectivity index (χ4n) is 5.37. The highest BCUT2D eigenvalue weighted by Gasteiger charge is 2.52. The van der Waals surface area contributed by atoms with Crippen LogP contribution in [-0.4, -0.2) is 23.7 Å². The van der Waals surface area contributed by atoms with Gasteiger partial charge in [-0.1, -0.05) is 6.92 Å². The SMILES string of the molecule is CC(CNC(C)C12CC3CC(CC(C3)C1)C2)C(=O)O. The minimum Gasteiger partial charge on any atom is -0.481 e. The minimum atomic E-state index is -0.690. The molecule has 0 aliphatic heterocycles. The maximum atomic E-state index is 10.9. The van der Waals surface area contributed by atoms with Crippen molar-refractivity contribution in [2.75, 3.05) is 6.54 Å². The zero-order chi connectivity index (χ0) is 13.6. The molecule has 2 unspecified atom stereocenters. The average molecular weight is 265 g/mol. The molecule has 4 saturated carbocycles. The first-order valence-corrected chi connectivity index (χ1v) is 7.95. The van der Waals surface area contributed by atoms with Gasteiger partial charge in [-0.05, 0) is 68.6 Å². The summed E-state index contributed by atoms with van der Waals surface area (Å²) in [7, 11) is 0. The highest BCUT2D eigenvalue weighted by molar-refractivity contribution is 5.69. The number of carboxylic acid groups (broad SMARTS) is 1. The smallest absolute Gasteiger partial charge is 0.307 e. The van der Waals surface area contributed by atoms with E-state index in [1.807, 2.05) is 0 Å². The Morgan fingerprint density at radius 3 is 2.05 bits per heavy atom. The molecule has 4 fully saturated rings. The summed E-state index contributed by atoms with van der Waals surface area (Å²) < 4.78 is 0. The van der Waals surface area contributed by atoms with Gasteiger partial charge in [0, 0.05) is 12.6 Å². The summed E-state index contributed by atoms with van der Waals surface area (Å²) in [6, 6.07) is 0.475. The van der Waals surface area contributed by atoms with Crippen molar-refractivity contribution in [3.8, 4) is 0 Å². The van der Waals surface area contributed by atoms with Gasteiger partial charge >= 0.3 is 5.97 Å². The summed E-state index contributed by atoms with van der Waals surface area (Å²) in [5, 5.41) is 12.5. The second-order valence-corrected chi connectivity index (χ2v) is 7.65. The maximum Gasteiger partial charge on any atom is 0.307 e. The molecule has 108 valence electrons. The monoisotopic (exact) mass is 265 g/mol. The lowest BCUT2D eigenvalue weighted by Gasteiger charge is -2.59. The van der Waals surface area contributed by atoms with Gasteiger partial charge in [0.15, 0.2) is 0 Å². The van der Waals surface area contributed by atoms with E-state index in [0.717, 1.165) is 17.8 Å². The Labute approximate surface area is 116 Å². The van der Waals surface area contributed by atoms with E-state index >= 15 is 0 Å². The van der Waals surface area contributed by atoms with Crippen LogP contribution in [0.3, 0.4) is 0 Å². The van der Waals surface area contributed by atoms with Crippen molar-refractivity contribution in [1.82, 2.24) is 5.32 Å². The zero-order valence-electron chi connectivity index (χ0n) is 12.2. The summed E-state index contributed by atoms with van der Waals surface area (Å²) in [6.07, 6.45) is 8.56. The average Bonchev–Trinajstić information content (AvgIpc) is 2.33. The van der Waals surface area contributed by atoms with Gasteiger partial charge in [-0.3, -0.25) is 4.79 Å². The number of aliphatic carboxylic acids is 1. The summed E-state index contributed by atoms with van der Waals surface area (Å²) in [4.78, 5) is 10.9. The second kappa shape index (κ2) is 4.76. The highest BCUT2D eigenvalue weighted by Crippen LogP contribution is 2.61. The van der Waals surface area contributed by atoms with Crippen molar-refractivity contribution in [3.63, 3.8) is 0 Å². The predicted molar refractivity (Wildman–Crippen MR) is 74.9 cm³/mol. The van der Waals surface area contributed by atoms with Crippen LogP contribution in [0.15, 0.2) is 0 Å². The van der Waals surface area contributed by atoms with Gasteiger partial charge in [0.2, 0.25) is 0 Å². The molecular formula is C16H27NO2. The van der Waals surface area contributed by atoms with Gasteiger partial charge in [-0.15, -0.1) is 0 Å². The van der Waals surface area contributed by atoms with Gasteiger partial charge < -0.3 is 10.4 Å². The molecule has 2 atom stereocenters. The van der Waals surface area contributed by atoms with Gasteiger partial charge in [-0.25, -0.2) is 0 Å². The van der Waals surface area contributed by atoms with Crippen LogP contribution in [0.2, 0.25) is 0 Å². The van der Waals surface area contributed by atoms with Crippen LogP contribution in [0.1, 0.15) is 52.4 Å². The van der Waals surface area contributed by atoms with E-state index in [2.05, 4.69) is 12.2 Å². The Morgan fingerprint density at radius 1 is 1.16 bits per heavy atom. The fourth-order valence-corrected chi connectivity index (χ4v) is 5.37. The number of carbonyl (C=O) groups is 1.